The number of benzene rings is 1. The van der Waals surface area contributed by atoms with E-state index in [1.165, 1.54) is 0 Å². The number of sulfonamides is 1. The van der Waals surface area contributed by atoms with Gasteiger partial charge >= 0.3 is 0 Å². The van der Waals surface area contributed by atoms with Crippen molar-refractivity contribution < 1.29 is 17.9 Å². The molecule has 1 unspecified atom stereocenters. The van der Waals surface area contributed by atoms with E-state index in [2.05, 4.69) is 31.9 Å². The van der Waals surface area contributed by atoms with E-state index < -0.39 is 21.7 Å². The number of hydrogen-bond acceptors (Lipinski definition) is 6. The van der Waals surface area contributed by atoms with E-state index in [9.17, 15) is 13.2 Å². The Bertz CT molecular complexity index is 1420. The van der Waals surface area contributed by atoms with Gasteiger partial charge in [0.15, 0.2) is 17.6 Å². The van der Waals surface area contributed by atoms with Gasteiger partial charge in [-0.3, -0.25) is 14.6 Å². The number of hydrogen-bond donors (Lipinski definition) is 3. The molecule has 0 radical (unpaired) electrons. The highest BCUT2D eigenvalue weighted by Crippen LogP contribution is 2.33. The molecule has 208 valence electrons. The minimum atomic E-state index is -3.40. The summed E-state index contributed by atoms with van der Waals surface area (Å²) in [4.78, 5) is 13.0. The Balaban J connectivity index is 1.67. The number of halogens is 1. The van der Waals surface area contributed by atoms with Crippen molar-refractivity contribution in [3.05, 3.63) is 47.4 Å². The van der Waals surface area contributed by atoms with Gasteiger partial charge in [-0.25, -0.2) is 8.42 Å². The van der Waals surface area contributed by atoms with Crippen LogP contribution in [0, 0.1) is 0 Å². The summed E-state index contributed by atoms with van der Waals surface area (Å²) in [6.45, 7) is 17.4. The van der Waals surface area contributed by atoms with Crippen LogP contribution in [0.2, 0.25) is 5.02 Å². The smallest absolute Gasteiger partial charge is 0.261 e. The zero-order valence-electron chi connectivity index (χ0n) is 23.0. The minimum Gasteiger partial charge on any atom is -0.481 e. The average Bonchev–Trinajstić information content (AvgIpc) is 3.38. The van der Waals surface area contributed by atoms with Gasteiger partial charge < -0.3 is 10.1 Å². The molecule has 1 aromatic carbocycles. The summed E-state index contributed by atoms with van der Waals surface area (Å²) in [5.41, 5.74) is 1.09. The van der Waals surface area contributed by atoms with Gasteiger partial charge in [-0.2, -0.15) is 14.7 Å². The first-order valence-corrected chi connectivity index (χ1v) is 14.5. The van der Waals surface area contributed by atoms with Crippen molar-refractivity contribution in [1.29, 1.82) is 0 Å². The van der Waals surface area contributed by atoms with E-state index in [0.717, 1.165) is 12.1 Å². The highest BCUT2D eigenvalue weighted by Gasteiger charge is 2.32. The molecule has 3 N–H and O–H groups in total. The van der Waals surface area contributed by atoms with Crippen LogP contribution < -0.4 is 14.8 Å². The van der Waals surface area contributed by atoms with Gasteiger partial charge in [-0.05, 0) is 51.5 Å². The van der Waals surface area contributed by atoms with Crippen LogP contribution in [0.15, 0.2) is 30.8 Å². The highest BCUT2D eigenvalue weighted by atomic mass is 35.5. The molecule has 38 heavy (non-hydrogen) atoms. The summed E-state index contributed by atoms with van der Waals surface area (Å²) in [6, 6.07) is 6.42. The number of fused-ring (bicyclic) bond motifs is 1. The van der Waals surface area contributed by atoms with Crippen molar-refractivity contribution in [1.82, 2.24) is 25.1 Å². The molecule has 0 saturated heterocycles. The van der Waals surface area contributed by atoms with Gasteiger partial charge in [0.2, 0.25) is 10.0 Å². The molecule has 0 aliphatic rings. The van der Waals surface area contributed by atoms with Gasteiger partial charge in [0, 0.05) is 16.7 Å². The molecular formula is C26H37ClN6O4S. The topological polar surface area (TPSA) is 130 Å². The summed E-state index contributed by atoms with van der Waals surface area (Å²) < 4.78 is 34.1. The summed E-state index contributed by atoms with van der Waals surface area (Å²) >= 11 is 6.53. The second-order valence-electron chi connectivity index (χ2n) is 10.9. The Labute approximate surface area is 229 Å². The van der Waals surface area contributed by atoms with Gasteiger partial charge in [-0.1, -0.05) is 52.3 Å². The summed E-state index contributed by atoms with van der Waals surface area (Å²) in [6.07, 6.45) is 0.546. The Morgan fingerprint density at radius 2 is 1.84 bits per heavy atom. The number of aromatic nitrogens is 4. The van der Waals surface area contributed by atoms with E-state index in [1.54, 1.807) is 35.7 Å². The Morgan fingerprint density at radius 1 is 1.21 bits per heavy atom. The molecule has 0 saturated carbocycles. The number of ether oxygens (including phenoxy) is 1. The molecule has 2 heterocycles. The van der Waals surface area contributed by atoms with Crippen LogP contribution in [0.1, 0.15) is 72.8 Å². The number of rotatable bonds is 11. The van der Waals surface area contributed by atoms with Gasteiger partial charge in [0.1, 0.15) is 10.8 Å². The van der Waals surface area contributed by atoms with Gasteiger partial charge in [0.05, 0.1) is 17.0 Å². The fourth-order valence-electron chi connectivity index (χ4n) is 3.67. The summed E-state index contributed by atoms with van der Waals surface area (Å²) in [5.74, 6) is 0.583. The normalized spacial score (nSPS) is 13.4. The third kappa shape index (κ3) is 6.68. The number of anilines is 1. The molecule has 10 nitrogen and oxygen atoms in total. The van der Waals surface area contributed by atoms with Crippen molar-refractivity contribution in [2.75, 3.05) is 10.5 Å². The molecule has 3 aromatic rings. The molecule has 0 fully saturated rings. The van der Waals surface area contributed by atoms with Crippen LogP contribution >= 0.6 is 11.6 Å². The fourth-order valence-corrected chi connectivity index (χ4v) is 5.37. The van der Waals surface area contributed by atoms with E-state index in [4.69, 9.17) is 16.3 Å². The first-order chi connectivity index (χ1) is 17.6. The predicted molar refractivity (Wildman–Crippen MR) is 151 cm³/mol. The van der Waals surface area contributed by atoms with Gasteiger partial charge in [0.25, 0.3) is 5.91 Å². The molecule has 0 bridgehead atoms. The maximum atomic E-state index is 13.0. The Hall–Kier alpha value is -3.05. The molecule has 3 rings (SSSR count). The molecule has 2 aromatic heterocycles. The van der Waals surface area contributed by atoms with Crippen LogP contribution in [-0.4, -0.2) is 51.5 Å². The third-order valence-corrected chi connectivity index (χ3v) is 7.77. The van der Waals surface area contributed by atoms with Gasteiger partial charge in [-0.15, -0.1) is 0 Å². The first kappa shape index (κ1) is 29.5. The number of unbranched alkanes of at least 4 members (excludes halogenated alkanes) is 1. The molecule has 0 aliphatic heterocycles. The number of nitrogens with one attached hydrogen (secondary N) is 3. The lowest BCUT2D eigenvalue weighted by atomic mass is 9.92. The largest absolute Gasteiger partial charge is 0.481 e. The number of carbonyl (C=O) groups is 1. The number of H-pyrrole nitrogens is 1. The highest BCUT2D eigenvalue weighted by molar-refractivity contribution is 7.92. The summed E-state index contributed by atoms with van der Waals surface area (Å²) in [7, 11) is -3.40. The zero-order valence-corrected chi connectivity index (χ0v) is 24.5. The quantitative estimate of drug-likeness (QED) is 0.303. The monoisotopic (exact) mass is 564 g/mol. The lowest BCUT2D eigenvalue weighted by molar-refractivity contribution is -0.128. The lowest BCUT2D eigenvalue weighted by Gasteiger charge is -2.29. The second kappa shape index (κ2) is 11.0. The lowest BCUT2D eigenvalue weighted by Crippen LogP contribution is -2.49. The maximum Gasteiger partial charge on any atom is 0.261 e. The van der Waals surface area contributed by atoms with Crippen molar-refractivity contribution in [3.63, 3.8) is 0 Å². The van der Waals surface area contributed by atoms with Crippen LogP contribution in [0.4, 0.5) is 5.69 Å². The second-order valence-corrected chi connectivity index (χ2v) is 13.1. The average molecular weight is 565 g/mol. The number of carbonyl (C=O) groups excluding carboxylic acids is 1. The van der Waals surface area contributed by atoms with Crippen LogP contribution in [0.3, 0.4) is 0 Å². The van der Waals surface area contributed by atoms with Crippen molar-refractivity contribution in [2.45, 2.75) is 78.4 Å². The van der Waals surface area contributed by atoms with Crippen molar-refractivity contribution >= 4 is 44.4 Å². The standard InChI is InChI=1S/C26H37ClN6O4S/c1-9-10-15-38(35,36)32-18-11-13-19(14-12-18)37-17(3)24(34)28-26(7,8)16(2)22-29-30-23-20(27)21(25(4,5)6)31-33(22)23/h11-14,17,30,32H,2,9-10,15H2,1,3-8H3,(H,28,34). The zero-order chi connectivity index (χ0) is 28.5. The van der Waals surface area contributed by atoms with E-state index >= 15 is 0 Å². The SMILES string of the molecule is C=C(c1n[nH]c2c(Cl)c(C(C)(C)C)nn12)C(C)(C)NC(=O)C(C)Oc1ccc(NS(=O)(=O)CCCC)cc1. The number of aromatic amines is 1. The van der Waals surface area contributed by atoms with E-state index in [0.29, 0.717) is 39.9 Å². The fraction of sp³-hybridized carbons (Fsp3) is 0.500. The predicted octanol–water partition coefficient (Wildman–Crippen LogP) is 4.93. The molecule has 0 aliphatic carbocycles. The molecule has 1 atom stereocenters. The maximum absolute atomic E-state index is 13.0. The molecule has 1 amide bonds. The minimum absolute atomic E-state index is 0.0645. The molecule has 12 heteroatoms. The van der Waals surface area contributed by atoms with Crippen LogP contribution in [0.25, 0.3) is 11.2 Å². The van der Waals surface area contributed by atoms with E-state index in [-0.39, 0.29) is 17.1 Å². The number of amides is 1. The summed E-state index contributed by atoms with van der Waals surface area (Å²) in [5, 5.41) is 15.3. The first-order valence-electron chi connectivity index (χ1n) is 12.5. The van der Waals surface area contributed by atoms with Crippen molar-refractivity contribution in [3.8, 4) is 5.75 Å². The Kier molecular flexibility index (Phi) is 8.52. The van der Waals surface area contributed by atoms with Crippen LogP contribution in [-0.2, 0) is 20.2 Å². The third-order valence-electron chi connectivity index (χ3n) is 6.04. The Morgan fingerprint density at radius 3 is 2.42 bits per heavy atom. The number of nitrogens with zero attached hydrogens (tertiary/aromatic N) is 3. The van der Waals surface area contributed by atoms with E-state index in [1.807, 2.05) is 41.5 Å². The molecular weight excluding hydrogens is 528 g/mol. The van der Waals surface area contributed by atoms with Crippen LogP contribution in [0.5, 0.6) is 5.75 Å². The molecule has 0 spiro atoms. The van der Waals surface area contributed by atoms with Crippen molar-refractivity contribution in [2.24, 2.45) is 0 Å².